The van der Waals surface area contributed by atoms with Gasteiger partial charge in [0.1, 0.15) is 5.82 Å². The second-order valence-corrected chi connectivity index (χ2v) is 7.49. The van der Waals surface area contributed by atoms with Gasteiger partial charge in [-0.25, -0.2) is 4.39 Å². The van der Waals surface area contributed by atoms with Crippen LogP contribution < -0.4 is 11.1 Å². The standard InChI is InChI=1S/C20H28FN3O2.ClH/c21-17-9-7-14(8-10-17)20(26)24-11-3-5-16(13-24)19(25)23-18-6-2-1-4-15(18)12-22;/h7-10,15-16,18H,1-6,11-13,22H2,(H,23,25);1H. The van der Waals surface area contributed by atoms with Crippen LogP contribution in [0.3, 0.4) is 0 Å². The minimum Gasteiger partial charge on any atom is -0.353 e. The summed E-state index contributed by atoms with van der Waals surface area (Å²) in [5.41, 5.74) is 6.31. The van der Waals surface area contributed by atoms with Crippen molar-refractivity contribution >= 4 is 24.2 Å². The Morgan fingerprint density at radius 1 is 1.11 bits per heavy atom. The molecule has 2 amide bonds. The first kappa shape index (κ1) is 21.6. The van der Waals surface area contributed by atoms with E-state index in [2.05, 4.69) is 5.32 Å². The molecule has 1 aromatic carbocycles. The highest BCUT2D eigenvalue weighted by molar-refractivity contribution is 5.94. The average molecular weight is 398 g/mol. The molecule has 0 aromatic heterocycles. The highest BCUT2D eigenvalue weighted by Gasteiger charge is 2.32. The monoisotopic (exact) mass is 397 g/mol. The number of rotatable bonds is 4. The van der Waals surface area contributed by atoms with Crippen LogP contribution in [-0.4, -0.2) is 42.4 Å². The molecular weight excluding hydrogens is 369 g/mol. The lowest BCUT2D eigenvalue weighted by atomic mass is 9.84. The van der Waals surface area contributed by atoms with E-state index in [0.29, 0.717) is 31.1 Å². The lowest BCUT2D eigenvalue weighted by molar-refractivity contribution is -0.127. The van der Waals surface area contributed by atoms with Crippen molar-refractivity contribution in [1.29, 1.82) is 0 Å². The molecule has 0 bridgehead atoms. The molecule has 5 nitrogen and oxygen atoms in total. The van der Waals surface area contributed by atoms with Crippen molar-refractivity contribution in [3.63, 3.8) is 0 Å². The lowest BCUT2D eigenvalue weighted by Gasteiger charge is -2.35. The molecule has 2 aliphatic rings. The molecule has 3 atom stereocenters. The number of hydrogen-bond acceptors (Lipinski definition) is 3. The first-order valence-corrected chi connectivity index (χ1v) is 9.63. The molecule has 1 saturated carbocycles. The number of amides is 2. The first-order valence-electron chi connectivity index (χ1n) is 9.63. The number of nitrogens with two attached hydrogens (primary N) is 1. The quantitative estimate of drug-likeness (QED) is 0.820. The van der Waals surface area contributed by atoms with Gasteiger partial charge >= 0.3 is 0 Å². The van der Waals surface area contributed by atoms with Gasteiger partial charge in [0.25, 0.3) is 5.91 Å². The van der Waals surface area contributed by atoms with Gasteiger partial charge in [-0.05, 0) is 62.4 Å². The number of piperidine rings is 1. The second-order valence-electron chi connectivity index (χ2n) is 7.49. The van der Waals surface area contributed by atoms with E-state index in [1.165, 1.54) is 30.7 Å². The van der Waals surface area contributed by atoms with Gasteiger partial charge in [0.15, 0.2) is 0 Å². The van der Waals surface area contributed by atoms with Gasteiger partial charge in [-0.1, -0.05) is 12.8 Å². The summed E-state index contributed by atoms with van der Waals surface area (Å²) < 4.78 is 13.1. The molecule has 7 heteroatoms. The van der Waals surface area contributed by atoms with E-state index in [4.69, 9.17) is 5.73 Å². The van der Waals surface area contributed by atoms with E-state index in [-0.39, 0.29) is 42.0 Å². The molecular formula is C20H29ClFN3O2. The van der Waals surface area contributed by atoms with Crippen molar-refractivity contribution in [3.8, 4) is 0 Å². The Balaban J connectivity index is 0.00000261. The molecule has 27 heavy (non-hydrogen) atoms. The summed E-state index contributed by atoms with van der Waals surface area (Å²) in [5, 5.41) is 3.19. The summed E-state index contributed by atoms with van der Waals surface area (Å²) in [5.74, 6) is -0.298. The second kappa shape index (κ2) is 10.0. The Morgan fingerprint density at radius 3 is 2.52 bits per heavy atom. The Hall–Kier alpha value is -1.66. The number of nitrogens with one attached hydrogen (secondary N) is 1. The fourth-order valence-corrected chi connectivity index (χ4v) is 4.13. The van der Waals surface area contributed by atoms with Crippen LogP contribution in [0.2, 0.25) is 0 Å². The summed E-state index contributed by atoms with van der Waals surface area (Å²) in [6, 6.07) is 5.73. The molecule has 150 valence electrons. The zero-order valence-electron chi connectivity index (χ0n) is 15.5. The fraction of sp³-hybridized carbons (Fsp3) is 0.600. The summed E-state index contributed by atoms with van der Waals surface area (Å²) in [6.45, 7) is 1.65. The normalized spacial score (nSPS) is 25.4. The molecule has 1 aliphatic heterocycles. The Bertz CT molecular complexity index is 641. The van der Waals surface area contributed by atoms with Gasteiger partial charge in [-0.2, -0.15) is 0 Å². The summed E-state index contributed by atoms with van der Waals surface area (Å²) in [7, 11) is 0. The van der Waals surface area contributed by atoms with E-state index in [9.17, 15) is 14.0 Å². The SMILES string of the molecule is Cl.NCC1CCCCC1NC(=O)C1CCCN(C(=O)c2ccc(F)cc2)C1. The third kappa shape index (κ3) is 5.42. The smallest absolute Gasteiger partial charge is 0.253 e. The maximum absolute atomic E-state index is 13.1. The minimum atomic E-state index is -0.362. The van der Waals surface area contributed by atoms with Gasteiger partial charge in [-0.3, -0.25) is 9.59 Å². The summed E-state index contributed by atoms with van der Waals surface area (Å²) >= 11 is 0. The van der Waals surface area contributed by atoms with Crippen LogP contribution in [0.1, 0.15) is 48.9 Å². The van der Waals surface area contributed by atoms with Crippen LogP contribution in [0.5, 0.6) is 0 Å². The zero-order valence-corrected chi connectivity index (χ0v) is 16.3. The predicted octanol–water partition coefficient (Wildman–Crippen LogP) is 2.73. The van der Waals surface area contributed by atoms with Gasteiger partial charge in [0.05, 0.1) is 5.92 Å². The minimum absolute atomic E-state index is 0. The zero-order chi connectivity index (χ0) is 18.5. The van der Waals surface area contributed by atoms with Crippen LogP contribution in [0, 0.1) is 17.7 Å². The van der Waals surface area contributed by atoms with Crippen molar-refractivity contribution in [2.45, 2.75) is 44.6 Å². The summed E-state index contributed by atoms with van der Waals surface area (Å²) in [4.78, 5) is 27.1. The summed E-state index contributed by atoms with van der Waals surface area (Å²) in [6.07, 6.45) is 5.95. The molecule has 0 spiro atoms. The third-order valence-corrected chi connectivity index (χ3v) is 5.71. The number of hydrogen-bond donors (Lipinski definition) is 2. The maximum Gasteiger partial charge on any atom is 0.253 e. The van der Waals surface area contributed by atoms with Crippen molar-refractivity contribution in [1.82, 2.24) is 10.2 Å². The van der Waals surface area contributed by atoms with Crippen LogP contribution in [0.25, 0.3) is 0 Å². The molecule has 1 saturated heterocycles. The van der Waals surface area contributed by atoms with Crippen molar-refractivity contribution < 1.29 is 14.0 Å². The topological polar surface area (TPSA) is 75.4 Å². The van der Waals surface area contributed by atoms with E-state index >= 15 is 0 Å². The number of carbonyl (C=O) groups is 2. The molecule has 3 N–H and O–H groups in total. The van der Waals surface area contributed by atoms with Crippen LogP contribution in [-0.2, 0) is 4.79 Å². The predicted molar refractivity (Wildman–Crippen MR) is 105 cm³/mol. The van der Waals surface area contributed by atoms with Crippen molar-refractivity contribution in [2.24, 2.45) is 17.6 Å². The van der Waals surface area contributed by atoms with E-state index in [1.54, 1.807) is 4.90 Å². The Labute approximate surface area is 166 Å². The third-order valence-electron chi connectivity index (χ3n) is 5.71. The fourth-order valence-electron chi connectivity index (χ4n) is 4.13. The van der Waals surface area contributed by atoms with Gasteiger partial charge in [0.2, 0.25) is 5.91 Å². The molecule has 0 radical (unpaired) electrons. The number of carbonyl (C=O) groups excluding carboxylic acids is 2. The van der Waals surface area contributed by atoms with Crippen LogP contribution in [0.4, 0.5) is 4.39 Å². The van der Waals surface area contributed by atoms with Crippen LogP contribution in [0.15, 0.2) is 24.3 Å². The molecule has 3 rings (SSSR count). The highest BCUT2D eigenvalue weighted by atomic mass is 35.5. The highest BCUT2D eigenvalue weighted by Crippen LogP contribution is 2.25. The molecule has 3 unspecified atom stereocenters. The average Bonchev–Trinajstić information content (AvgIpc) is 2.68. The molecule has 1 aliphatic carbocycles. The van der Waals surface area contributed by atoms with Gasteiger partial charge in [-0.15, -0.1) is 12.4 Å². The lowest BCUT2D eigenvalue weighted by Crippen LogP contribution is -2.50. The largest absolute Gasteiger partial charge is 0.353 e. The number of nitrogens with zero attached hydrogens (tertiary/aromatic N) is 1. The number of halogens is 2. The Morgan fingerprint density at radius 2 is 1.81 bits per heavy atom. The van der Waals surface area contributed by atoms with Gasteiger partial charge < -0.3 is 16.0 Å². The van der Waals surface area contributed by atoms with E-state index < -0.39 is 0 Å². The van der Waals surface area contributed by atoms with Crippen LogP contribution >= 0.6 is 12.4 Å². The molecule has 1 aromatic rings. The van der Waals surface area contributed by atoms with Crippen molar-refractivity contribution in [3.05, 3.63) is 35.6 Å². The number of benzene rings is 1. The maximum atomic E-state index is 13.1. The molecule has 1 heterocycles. The van der Waals surface area contributed by atoms with Gasteiger partial charge in [0, 0.05) is 24.7 Å². The Kier molecular flexibility index (Phi) is 8.05. The van der Waals surface area contributed by atoms with E-state index in [0.717, 1.165) is 32.1 Å². The number of likely N-dealkylation sites (tertiary alicyclic amines) is 1. The van der Waals surface area contributed by atoms with Crippen molar-refractivity contribution in [2.75, 3.05) is 19.6 Å². The molecule has 2 fully saturated rings. The van der Waals surface area contributed by atoms with E-state index in [1.807, 2.05) is 0 Å². The first-order chi connectivity index (χ1) is 12.6.